The van der Waals surface area contributed by atoms with Crippen molar-refractivity contribution in [1.29, 1.82) is 5.26 Å². The maximum absolute atomic E-state index is 13.3. The lowest BCUT2D eigenvalue weighted by molar-refractivity contribution is -0.133. The molecule has 0 aliphatic carbocycles. The Bertz CT molecular complexity index is 992. The molecular weight excluding hydrogens is 394 g/mol. The summed E-state index contributed by atoms with van der Waals surface area (Å²) in [4.78, 5) is 38.3. The third kappa shape index (κ3) is 5.56. The van der Waals surface area contributed by atoms with Gasteiger partial charge in [0, 0.05) is 19.4 Å². The number of nitrogens with zero attached hydrogens (tertiary/aromatic N) is 1. The minimum atomic E-state index is -0.907. The Morgan fingerprint density at radius 1 is 1.13 bits per heavy atom. The molecule has 0 bridgehead atoms. The quantitative estimate of drug-likeness (QED) is 0.605. The van der Waals surface area contributed by atoms with Gasteiger partial charge in [0.05, 0.1) is 18.2 Å². The van der Waals surface area contributed by atoms with Gasteiger partial charge in [0.2, 0.25) is 5.91 Å². The number of nitriles is 1. The number of benzene rings is 2. The van der Waals surface area contributed by atoms with E-state index in [1.54, 1.807) is 55.5 Å². The second-order valence-corrected chi connectivity index (χ2v) is 7.83. The standard InChI is InChI=1S/C24H25N3O4/c1-24(15-31-24)23(30)27-21(18-6-4-3-5-7-18)20(28)13-19(22(29)26-2)12-16-8-10-17(14-25)11-9-16/h3-11,19,21H,12-13,15H2,1-2H3,(H,26,29)(H,27,30)/t19-,21-,24+/m0/s1. The van der Waals surface area contributed by atoms with E-state index in [2.05, 4.69) is 16.7 Å². The van der Waals surface area contributed by atoms with E-state index in [0.717, 1.165) is 5.56 Å². The number of epoxide rings is 1. The largest absolute Gasteiger partial charge is 0.359 e. The zero-order valence-corrected chi connectivity index (χ0v) is 17.6. The first-order valence-electron chi connectivity index (χ1n) is 10.1. The third-order valence-electron chi connectivity index (χ3n) is 5.42. The summed E-state index contributed by atoms with van der Waals surface area (Å²) in [5.74, 6) is -1.47. The Hall–Kier alpha value is -3.50. The highest BCUT2D eigenvalue weighted by atomic mass is 16.6. The van der Waals surface area contributed by atoms with Gasteiger partial charge < -0.3 is 15.4 Å². The lowest BCUT2D eigenvalue weighted by atomic mass is 9.89. The number of ketones is 1. The van der Waals surface area contributed by atoms with Crippen molar-refractivity contribution in [3.05, 3.63) is 71.3 Å². The van der Waals surface area contributed by atoms with Crippen molar-refractivity contribution in [2.75, 3.05) is 13.7 Å². The first-order valence-corrected chi connectivity index (χ1v) is 10.1. The van der Waals surface area contributed by atoms with E-state index in [1.165, 1.54) is 7.05 Å². The summed E-state index contributed by atoms with van der Waals surface area (Å²) in [6, 6.07) is 17.1. The molecular formula is C24H25N3O4. The molecule has 2 aromatic carbocycles. The van der Waals surface area contributed by atoms with Crippen LogP contribution in [0.4, 0.5) is 0 Å². The van der Waals surface area contributed by atoms with Crippen molar-refractivity contribution in [2.24, 2.45) is 5.92 Å². The summed E-state index contributed by atoms with van der Waals surface area (Å²) >= 11 is 0. The molecule has 7 heteroatoms. The van der Waals surface area contributed by atoms with Crippen LogP contribution in [0.3, 0.4) is 0 Å². The predicted octanol–water partition coefficient (Wildman–Crippen LogP) is 2.07. The summed E-state index contributed by atoms with van der Waals surface area (Å²) in [5.41, 5.74) is 1.12. The van der Waals surface area contributed by atoms with Crippen LogP contribution in [-0.2, 0) is 25.5 Å². The van der Waals surface area contributed by atoms with Gasteiger partial charge in [-0.25, -0.2) is 0 Å². The average molecular weight is 419 g/mol. The molecule has 1 aliphatic heterocycles. The summed E-state index contributed by atoms with van der Waals surface area (Å²) in [6.07, 6.45) is 0.296. The van der Waals surface area contributed by atoms with Crippen LogP contribution in [0.15, 0.2) is 54.6 Å². The summed E-state index contributed by atoms with van der Waals surface area (Å²) < 4.78 is 5.20. The maximum Gasteiger partial charge on any atom is 0.255 e. The van der Waals surface area contributed by atoms with Crippen LogP contribution in [0.2, 0.25) is 0 Å². The molecule has 0 radical (unpaired) electrons. The van der Waals surface area contributed by atoms with Gasteiger partial charge >= 0.3 is 0 Å². The Kier molecular flexibility index (Phi) is 6.83. The highest BCUT2D eigenvalue weighted by Gasteiger charge is 2.48. The van der Waals surface area contributed by atoms with Gasteiger partial charge in [0.15, 0.2) is 11.4 Å². The van der Waals surface area contributed by atoms with E-state index in [1.807, 2.05) is 6.07 Å². The molecule has 0 spiro atoms. The number of nitrogens with one attached hydrogen (secondary N) is 2. The molecule has 0 aromatic heterocycles. The number of amides is 2. The van der Waals surface area contributed by atoms with E-state index >= 15 is 0 Å². The van der Waals surface area contributed by atoms with Gasteiger partial charge in [-0.3, -0.25) is 14.4 Å². The maximum atomic E-state index is 13.3. The molecule has 3 atom stereocenters. The van der Waals surface area contributed by atoms with Crippen LogP contribution >= 0.6 is 0 Å². The number of hydrogen-bond acceptors (Lipinski definition) is 5. The van der Waals surface area contributed by atoms with Crippen LogP contribution in [0.5, 0.6) is 0 Å². The smallest absolute Gasteiger partial charge is 0.255 e. The number of Topliss-reactive ketones (excluding diaryl/α,β-unsaturated/α-hetero) is 1. The Morgan fingerprint density at radius 3 is 2.32 bits per heavy atom. The Morgan fingerprint density at radius 2 is 1.77 bits per heavy atom. The van der Waals surface area contributed by atoms with Gasteiger partial charge in [0.1, 0.15) is 6.04 Å². The SMILES string of the molecule is CNC(=O)[C@H](CC(=O)[C@@H](NC(=O)[C@@]1(C)CO1)c1ccccc1)Cc1ccc(C#N)cc1. The zero-order chi connectivity index (χ0) is 22.4. The molecule has 2 aromatic rings. The van der Waals surface area contributed by atoms with Crippen molar-refractivity contribution < 1.29 is 19.1 Å². The van der Waals surface area contributed by atoms with Crippen LogP contribution in [0.25, 0.3) is 0 Å². The predicted molar refractivity (Wildman–Crippen MR) is 114 cm³/mol. The van der Waals surface area contributed by atoms with Gasteiger partial charge in [-0.05, 0) is 36.6 Å². The normalized spacial score (nSPS) is 18.9. The molecule has 2 amide bonds. The summed E-state index contributed by atoms with van der Waals surface area (Å²) in [7, 11) is 1.53. The van der Waals surface area contributed by atoms with E-state index in [0.29, 0.717) is 24.2 Å². The molecule has 1 fully saturated rings. The molecule has 0 saturated carbocycles. The molecule has 1 aliphatic rings. The van der Waals surface area contributed by atoms with Crippen LogP contribution < -0.4 is 10.6 Å². The Balaban J connectivity index is 1.79. The zero-order valence-electron chi connectivity index (χ0n) is 17.6. The summed E-state index contributed by atoms with van der Waals surface area (Å²) in [5, 5.41) is 14.4. The highest BCUT2D eigenvalue weighted by molar-refractivity contribution is 5.95. The monoisotopic (exact) mass is 419 g/mol. The minimum absolute atomic E-state index is 0.0446. The molecule has 0 unspecified atom stereocenters. The average Bonchev–Trinajstić information content (AvgIpc) is 3.55. The van der Waals surface area contributed by atoms with Gasteiger partial charge in [-0.2, -0.15) is 5.26 Å². The minimum Gasteiger partial charge on any atom is -0.359 e. The van der Waals surface area contributed by atoms with Crippen molar-refractivity contribution in [2.45, 2.75) is 31.4 Å². The number of rotatable bonds is 9. The molecule has 31 heavy (non-hydrogen) atoms. The number of ether oxygens (including phenoxy) is 1. The lowest BCUT2D eigenvalue weighted by Crippen LogP contribution is -2.42. The van der Waals surface area contributed by atoms with Crippen molar-refractivity contribution in [3.63, 3.8) is 0 Å². The fourth-order valence-corrected chi connectivity index (χ4v) is 3.34. The number of carbonyl (C=O) groups excluding carboxylic acids is 3. The van der Waals surface area contributed by atoms with Gasteiger partial charge in [-0.15, -0.1) is 0 Å². The molecule has 160 valence electrons. The second kappa shape index (κ2) is 9.54. The van der Waals surface area contributed by atoms with Gasteiger partial charge in [0.25, 0.3) is 5.91 Å². The van der Waals surface area contributed by atoms with Crippen molar-refractivity contribution in [1.82, 2.24) is 10.6 Å². The molecule has 1 heterocycles. The number of hydrogen-bond donors (Lipinski definition) is 2. The fourth-order valence-electron chi connectivity index (χ4n) is 3.34. The van der Waals surface area contributed by atoms with E-state index < -0.39 is 17.6 Å². The van der Waals surface area contributed by atoms with Crippen molar-refractivity contribution in [3.8, 4) is 6.07 Å². The topological polar surface area (TPSA) is 112 Å². The third-order valence-corrected chi connectivity index (χ3v) is 5.42. The first-order chi connectivity index (χ1) is 14.9. The Labute approximate surface area is 181 Å². The molecule has 7 nitrogen and oxygen atoms in total. The van der Waals surface area contributed by atoms with E-state index in [9.17, 15) is 14.4 Å². The highest BCUT2D eigenvalue weighted by Crippen LogP contribution is 2.28. The summed E-state index contributed by atoms with van der Waals surface area (Å²) in [6.45, 7) is 1.99. The van der Waals surface area contributed by atoms with Crippen LogP contribution in [0, 0.1) is 17.2 Å². The molecule has 1 saturated heterocycles. The van der Waals surface area contributed by atoms with Crippen molar-refractivity contribution >= 4 is 17.6 Å². The lowest BCUT2D eigenvalue weighted by Gasteiger charge is -2.22. The number of carbonyl (C=O) groups is 3. The van der Waals surface area contributed by atoms with E-state index in [-0.39, 0.29) is 24.0 Å². The fraction of sp³-hybridized carbons (Fsp3) is 0.333. The van der Waals surface area contributed by atoms with Crippen LogP contribution in [-0.4, -0.2) is 36.9 Å². The first kappa shape index (κ1) is 22.2. The van der Waals surface area contributed by atoms with Gasteiger partial charge in [-0.1, -0.05) is 42.5 Å². The molecule has 2 N–H and O–H groups in total. The molecule has 3 rings (SSSR count). The van der Waals surface area contributed by atoms with E-state index in [4.69, 9.17) is 10.00 Å². The van der Waals surface area contributed by atoms with Crippen LogP contribution in [0.1, 0.15) is 36.1 Å². The second-order valence-electron chi connectivity index (χ2n) is 7.83.